The van der Waals surface area contributed by atoms with E-state index >= 15 is 0 Å². The molecule has 3 aromatic rings. The first-order chi connectivity index (χ1) is 15.2. The van der Waals surface area contributed by atoms with Gasteiger partial charge in [0.1, 0.15) is 5.75 Å². The second kappa shape index (κ2) is 9.80. The number of para-hydroxylation sites is 3. The standard InChI is InChI=1S/C25H25N3O3/c29-24-14-7-15-28(24)18-20-9-6-8-19(16-20)17-26-25(30)27-22-12-4-5-13-23(22)31-21-10-2-1-3-11-21/h1-6,8-13,16H,7,14-15,17-18H2,(H2,26,27,30). The number of benzene rings is 3. The molecule has 1 fully saturated rings. The first-order valence-electron chi connectivity index (χ1n) is 10.4. The Morgan fingerprint density at radius 3 is 2.52 bits per heavy atom. The molecule has 2 N–H and O–H groups in total. The molecular weight excluding hydrogens is 390 g/mol. The summed E-state index contributed by atoms with van der Waals surface area (Å²) in [5.41, 5.74) is 2.63. The van der Waals surface area contributed by atoms with Crippen LogP contribution in [0.3, 0.4) is 0 Å². The van der Waals surface area contributed by atoms with Crippen LogP contribution in [0.4, 0.5) is 10.5 Å². The van der Waals surface area contributed by atoms with Gasteiger partial charge in [0.2, 0.25) is 5.91 Å². The van der Waals surface area contributed by atoms with Gasteiger partial charge in [-0.15, -0.1) is 0 Å². The second-order valence-corrected chi connectivity index (χ2v) is 7.46. The van der Waals surface area contributed by atoms with E-state index in [9.17, 15) is 9.59 Å². The predicted octanol–water partition coefficient (Wildman–Crippen LogP) is 4.92. The molecule has 6 heteroatoms. The van der Waals surface area contributed by atoms with Gasteiger partial charge in [0.05, 0.1) is 5.69 Å². The fourth-order valence-corrected chi connectivity index (χ4v) is 3.55. The van der Waals surface area contributed by atoms with Crippen molar-refractivity contribution < 1.29 is 14.3 Å². The summed E-state index contributed by atoms with van der Waals surface area (Å²) in [7, 11) is 0. The predicted molar refractivity (Wildman–Crippen MR) is 120 cm³/mol. The van der Waals surface area contributed by atoms with Crippen molar-refractivity contribution in [3.63, 3.8) is 0 Å². The van der Waals surface area contributed by atoms with Crippen LogP contribution in [-0.4, -0.2) is 23.4 Å². The summed E-state index contributed by atoms with van der Waals surface area (Å²) in [6, 6.07) is 24.4. The quantitative estimate of drug-likeness (QED) is 0.575. The highest BCUT2D eigenvalue weighted by Gasteiger charge is 2.20. The van der Waals surface area contributed by atoms with Gasteiger partial charge in [-0.1, -0.05) is 54.6 Å². The fourth-order valence-electron chi connectivity index (χ4n) is 3.55. The van der Waals surface area contributed by atoms with Crippen LogP contribution in [0.5, 0.6) is 11.5 Å². The number of hydrogen-bond donors (Lipinski definition) is 2. The van der Waals surface area contributed by atoms with Gasteiger partial charge in [0.15, 0.2) is 5.75 Å². The van der Waals surface area contributed by atoms with Crippen molar-refractivity contribution in [1.82, 2.24) is 10.2 Å². The minimum absolute atomic E-state index is 0.208. The lowest BCUT2D eigenvalue weighted by atomic mass is 10.1. The van der Waals surface area contributed by atoms with Gasteiger partial charge >= 0.3 is 6.03 Å². The van der Waals surface area contributed by atoms with Crippen LogP contribution in [-0.2, 0) is 17.9 Å². The van der Waals surface area contributed by atoms with Crippen LogP contribution in [0.15, 0.2) is 78.9 Å². The third kappa shape index (κ3) is 5.63. The summed E-state index contributed by atoms with van der Waals surface area (Å²) in [6.07, 6.45) is 1.56. The van der Waals surface area contributed by atoms with E-state index in [-0.39, 0.29) is 11.9 Å². The normalized spacial score (nSPS) is 13.2. The number of carbonyl (C=O) groups is 2. The number of ether oxygens (including phenoxy) is 1. The molecule has 0 unspecified atom stereocenters. The van der Waals surface area contributed by atoms with E-state index in [0.717, 1.165) is 24.1 Å². The average molecular weight is 415 g/mol. The molecule has 3 amide bonds. The number of nitrogens with one attached hydrogen (secondary N) is 2. The van der Waals surface area contributed by atoms with Crippen molar-refractivity contribution >= 4 is 17.6 Å². The number of rotatable bonds is 7. The molecule has 6 nitrogen and oxygen atoms in total. The van der Waals surface area contributed by atoms with E-state index in [1.54, 1.807) is 6.07 Å². The van der Waals surface area contributed by atoms with Crippen molar-refractivity contribution in [1.29, 1.82) is 0 Å². The molecule has 0 aromatic heterocycles. The minimum atomic E-state index is -0.316. The van der Waals surface area contributed by atoms with E-state index in [2.05, 4.69) is 10.6 Å². The maximum absolute atomic E-state index is 12.5. The topological polar surface area (TPSA) is 70.7 Å². The molecule has 0 bridgehead atoms. The minimum Gasteiger partial charge on any atom is -0.455 e. The van der Waals surface area contributed by atoms with Gasteiger partial charge in [-0.05, 0) is 41.8 Å². The Hall–Kier alpha value is -3.80. The molecule has 3 aromatic carbocycles. The third-order valence-electron chi connectivity index (χ3n) is 5.10. The van der Waals surface area contributed by atoms with Gasteiger partial charge in [-0.2, -0.15) is 0 Å². The van der Waals surface area contributed by atoms with E-state index < -0.39 is 0 Å². The highest BCUT2D eigenvalue weighted by atomic mass is 16.5. The zero-order valence-corrected chi connectivity index (χ0v) is 17.2. The summed E-state index contributed by atoms with van der Waals surface area (Å²) >= 11 is 0. The smallest absolute Gasteiger partial charge is 0.319 e. The van der Waals surface area contributed by atoms with Gasteiger partial charge in [0.25, 0.3) is 0 Å². The van der Waals surface area contributed by atoms with Crippen LogP contribution in [0.25, 0.3) is 0 Å². The molecule has 0 spiro atoms. The molecule has 4 rings (SSSR count). The molecule has 1 heterocycles. The van der Waals surface area contributed by atoms with Crippen LogP contribution in [0, 0.1) is 0 Å². The molecule has 0 aliphatic carbocycles. The van der Waals surface area contributed by atoms with Crippen molar-refractivity contribution in [3.8, 4) is 11.5 Å². The summed E-state index contributed by atoms with van der Waals surface area (Å²) in [5.74, 6) is 1.48. The first kappa shape index (κ1) is 20.5. The number of likely N-dealkylation sites (tertiary alicyclic amines) is 1. The molecule has 0 atom stereocenters. The zero-order chi connectivity index (χ0) is 21.5. The lowest BCUT2D eigenvalue weighted by Gasteiger charge is -2.16. The molecule has 1 saturated heterocycles. The van der Waals surface area contributed by atoms with Gasteiger partial charge < -0.3 is 20.3 Å². The maximum atomic E-state index is 12.5. The number of anilines is 1. The summed E-state index contributed by atoms with van der Waals surface area (Å²) in [4.78, 5) is 26.2. The Balaban J connectivity index is 1.34. The summed E-state index contributed by atoms with van der Waals surface area (Å²) < 4.78 is 5.89. The number of hydrogen-bond acceptors (Lipinski definition) is 3. The number of urea groups is 1. The number of nitrogens with zero attached hydrogens (tertiary/aromatic N) is 1. The van der Waals surface area contributed by atoms with Crippen molar-refractivity contribution in [2.24, 2.45) is 0 Å². The molecule has 31 heavy (non-hydrogen) atoms. The molecule has 0 saturated carbocycles. The Kier molecular flexibility index (Phi) is 6.47. The van der Waals surface area contributed by atoms with Crippen LogP contribution >= 0.6 is 0 Å². The number of carbonyl (C=O) groups excluding carboxylic acids is 2. The molecule has 0 radical (unpaired) electrons. The van der Waals surface area contributed by atoms with E-state index in [4.69, 9.17) is 4.74 Å². The van der Waals surface area contributed by atoms with Crippen molar-refractivity contribution in [2.75, 3.05) is 11.9 Å². The molecule has 1 aliphatic rings. The maximum Gasteiger partial charge on any atom is 0.319 e. The Morgan fingerprint density at radius 2 is 1.71 bits per heavy atom. The monoisotopic (exact) mass is 415 g/mol. The third-order valence-corrected chi connectivity index (χ3v) is 5.10. The summed E-state index contributed by atoms with van der Waals surface area (Å²) in [6.45, 7) is 1.81. The first-order valence-corrected chi connectivity index (χ1v) is 10.4. The highest BCUT2D eigenvalue weighted by Crippen LogP contribution is 2.29. The van der Waals surface area contributed by atoms with Crippen molar-refractivity contribution in [3.05, 3.63) is 90.0 Å². The average Bonchev–Trinajstić information content (AvgIpc) is 3.19. The van der Waals surface area contributed by atoms with Crippen molar-refractivity contribution in [2.45, 2.75) is 25.9 Å². The number of amides is 3. The van der Waals surface area contributed by atoms with Crippen LogP contribution in [0.1, 0.15) is 24.0 Å². The Bertz CT molecular complexity index is 1050. The largest absolute Gasteiger partial charge is 0.455 e. The second-order valence-electron chi connectivity index (χ2n) is 7.46. The zero-order valence-electron chi connectivity index (χ0n) is 17.2. The van der Waals surface area contributed by atoms with Crippen LogP contribution < -0.4 is 15.4 Å². The lowest BCUT2D eigenvalue weighted by molar-refractivity contribution is -0.128. The van der Waals surface area contributed by atoms with Gasteiger partial charge in [-0.3, -0.25) is 4.79 Å². The lowest BCUT2D eigenvalue weighted by Crippen LogP contribution is -2.28. The Labute approximate surface area is 181 Å². The molecule has 158 valence electrons. The summed E-state index contributed by atoms with van der Waals surface area (Å²) in [5, 5.41) is 5.73. The van der Waals surface area contributed by atoms with Crippen LogP contribution in [0.2, 0.25) is 0 Å². The molecule has 1 aliphatic heterocycles. The highest BCUT2D eigenvalue weighted by molar-refractivity contribution is 5.90. The van der Waals surface area contributed by atoms with Gasteiger partial charge in [0, 0.05) is 26.1 Å². The van der Waals surface area contributed by atoms with E-state index in [1.807, 2.05) is 77.7 Å². The van der Waals surface area contributed by atoms with E-state index in [1.165, 1.54) is 0 Å². The fraction of sp³-hybridized carbons (Fsp3) is 0.200. The van der Waals surface area contributed by atoms with Gasteiger partial charge in [-0.25, -0.2) is 4.79 Å². The SMILES string of the molecule is O=C(NCc1cccc(CN2CCCC2=O)c1)Nc1ccccc1Oc1ccccc1. The molecular formula is C25H25N3O3. The van der Waals surface area contributed by atoms with E-state index in [0.29, 0.717) is 36.7 Å². The Morgan fingerprint density at radius 1 is 0.935 bits per heavy atom.